The first-order valence-electron chi connectivity index (χ1n) is 5.78. The zero-order valence-corrected chi connectivity index (χ0v) is 13.1. The average Bonchev–Trinajstić information content (AvgIpc) is 2.77. The van der Waals surface area contributed by atoms with Crippen molar-refractivity contribution < 1.29 is 19.2 Å². The Balaban J connectivity index is 2.47. The van der Waals surface area contributed by atoms with Gasteiger partial charge in [0.15, 0.2) is 0 Å². The van der Waals surface area contributed by atoms with Crippen molar-refractivity contribution >= 4 is 59.9 Å². The lowest BCUT2D eigenvalue weighted by Crippen LogP contribution is -2.25. The molecule has 21 heavy (non-hydrogen) atoms. The van der Waals surface area contributed by atoms with Crippen LogP contribution in [-0.2, 0) is 14.3 Å². The minimum atomic E-state index is -1.08. The van der Waals surface area contributed by atoms with Gasteiger partial charge in [0.05, 0.1) is 11.5 Å². The number of thiophene rings is 1. The lowest BCUT2D eigenvalue weighted by atomic mass is 10.2. The van der Waals surface area contributed by atoms with Crippen molar-refractivity contribution in [3.05, 3.63) is 32.8 Å². The van der Waals surface area contributed by atoms with E-state index in [0.29, 0.717) is 14.6 Å². The molecule has 1 N–H and O–H groups in total. The van der Waals surface area contributed by atoms with Gasteiger partial charge in [0, 0.05) is 14.6 Å². The number of ether oxygens (including phenoxy) is 1. The molecule has 0 atom stereocenters. The fourth-order valence-electron chi connectivity index (χ4n) is 1.67. The van der Waals surface area contributed by atoms with Crippen LogP contribution in [0.1, 0.15) is 6.92 Å². The van der Waals surface area contributed by atoms with Gasteiger partial charge in [0.1, 0.15) is 5.69 Å². The number of benzene rings is 1. The minimum Gasteiger partial charge on any atom is -0.459 e. The molecule has 0 aliphatic carbocycles. The van der Waals surface area contributed by atoms with E-state index in [-0.39, 0.29) is 17.3 Å². The molecule has 0 radical (unpaired) electrons. The summed E-state index contributed by atoms with van der Waals surface area (Å²) in [6.07, 6.45) is 0. The van der Waals surface area contributed by atoms with E-state index in [1.165, 1.54) is 0 Å². The van der Waals surface area contributed by atoms with E-state index in [1.54, 1.807) is 25.1 Å². The summed E-state index contributed by atoms with van der Waals surface area (Å²) in [5.41, 5.74) is -0.000599. The molecular formula is C12H9BrN2O5S. The van der Waals surface area contributed by atoms with Gasteiger partial charge in [-0.1, -0.05) is 27.3 Å². The van der Waals surface area contributed by atoms with E-state index < -0.39 is 16.8 Å². The van der Waals surface area contributed by atoms with Crippen LogP contribution in [0.5, 0.6) is 0 Å². The van der Waals surface area contributed by atoms with Crippen LogP contribution >= 0.6 is 27.3 Å². The average molecular weight is 373 g/mol. The quantitative estimate of drug-likeness (QED) is 0.386. The number of rotatable bonds is 3. The second-order valence-corrected chi connectivity index (χ2v) is 5.80. The van der Waals surface area contributed by atoms with Crippen molar-refractivity contribution in [2.75, 3.05) is 11.9 Å². The van der Waals surface area contributed by atoms with Gasteiger partial charge in [-0.15, -0.1) is 0 Å². The number of carbonyl (C=O) groups excluding carboxylic acids is 2. The summed E-state index contributed by atoms with van der Waals surface area (Å²) in [6, 6.07) is 5.07. The number of fused-ring (bicyclic) bond motifs is 1. The first kappa shape index (κ1) is 15.4. The molecule has 0 aliphatic heterocycles. The summed E-state index contributed by atoms with van der Waals surface area (Å²) in [7, 11) is 0. The first-order valence-corrected chi connectivity index (χ1v) is 7.39. The summed E-state index contributed by atoms with van der Waals surface area (Å²) in [4.78, 5) is 33.5. The number of nitro groups is 1. The van der Waals surface area contributed by atoms with Gasteiger partial charge < -0.3 is 10.1 Å². The van der Waals surface area contributed by atoms with Gasteiger partial charge in [0.25, 0.3) is 0 Å². The second kappa shape index (κ2) is 6.19. The molecule has 0 saturated heterocycles. The lowest BCUT2D eigenvalue weighted by molar-refractivity contribution is -0.379. The van der Waals surface area contributed by atoms with Crippen LogP contribution in [0.4, 0.5) is 10.7 Å². The molecule has 0 bridgehead atoms. The molecule has 1 aromatic carbocycles. The molecule has 110 valence electrons. The molecule has 9 heteroatoms. The van der Waals surface area contributed by atoms with E-state index >= 15 is 0 Å². The zero-order valence-electron chi connectivity index (χ0n) is 10.7. The zero-order chi connectivity index (χ0) is 15.6. The van der Waals surface area contributed by atoms with E-state index in [2.05, 4.69) is 26.0 Å². The van der Waals surface area contributed by atoms with Gasteiger partial charge in [-0.3, -0.25) is 14.9 Å². The van der Waals surface area contributed by atoms with Crippen LogP contribution in [0.25, 0.3) is 10.1 Å². The maximum atomic E-state index is 11.7. The summed E-state index contributed by atoms with van der Waals surface area (Å²) in [6.45, 7) is 1.61. The Kier molecular flexibility index (Phi) is 4.53. The maximum absolute atomic E-state index is 11.7. The van der Waals surface area contributed by atoms with Gasteiger partial charge >= 0.3 is 16.9 Å². The van der Waals surface area contributed by atoms with Crippen LogP contribution in [0.2, 0.25) is 0 Å². The maximum Gasteiger partial charge on any atom is 0.397 e. The van der Waals surface area contributed by atoms with Crippen molar-refractivity contribution in [2.24, 2.45) is 0 Å². The fraction of sp³-hybridized carbons (Fsp3) is 0.167. The molecule has 0 fully saturated rings. The molecule has 2 rings (SSSR count). The predicted molar refractivity (Wildman–Crippen MR) is 81.4 cm³/mol. The third kappa shape index (κ3) is 3.19. The van der Waals surface area contributed by atoms with Gasteiger partial charge in [0.2, 0.25) is 0 Å². The molecule has 1 heterocycles. The third-order valence-electron chi connectivity index (χ3n) is 2.50. The molecule has 2 aromatic rings. The Morgan fingerprint density at radius 3 is 2.81 bits per heavy atom. The van der Waals surface area contributed by atoms with E-state index in [9.17, 15) is 19.7 Å². The molecule has 1 amide bonds. The van der Waals surface area contributed by atoms with Crippen molar-refractivity contribution in [1.82, 2.24) is 0 Å². The standard InChI is InChI=1S/C12H9BrN2O5S/c1-2-20-12(17)10(16)14-9-7-5-6(13)3-4-8(7)21-11(9)15(18)19/h3-5H,2H2,1H3,(H,14,16). The SMILES string of the molecule is CCOC(=O)C(=O)Nc1c([N+](=O)[O-])sc2ccc(Br)cc12. The Hall–Kier alpha value is -2.00. The Labute approximate surface area is 131 Å². The fourth-order valence-corrected chi connectivity index (χ4v) is 2.98. The summed E-state index contributed by atoms with van der Waals surface area (Å²) < 4.78 is 5.89. The topological polar surface area (TPSA) is 98.5 Å². The number of anilines is 1. The number of halogens is 1. The van der Waals surface area contributed by atoms with Crippen molar-refractivity contribution in [2.45, 2.75) is 6.92 Å². The number of carbonyl (C=O) groups is 2. The van der Waals surface area contributed by atoms with Crippen molar-refractivity contribution in [3.63, 3.8) is 0 Å². The number of nitrogens with zero attached hydrogens (tertiary/aromatic N) is 1. The lowest BCUT2D eigenvalue weighted by Gasteiger charge is -2.03. The second-order valence-electron chi connectivity index (χ2n) is 3.85. The Bertz CT molecular complexity index is 743. The monoisotopic (exact) mass is 372 g/mol. The van der Waals surface area contributed by atoms with Crippen LogP contribution in [-0.4, -0.2) is 23.4 Å². The smallest absolute Gasteiger partial charge is 0.397 e. The van der Waals surface area contributed by atoms with Crippen LogP contribution < -0.4 is 5.32 Å². The molecule has 0 saturated carbocycles. The normalized spacial score (nSPS) is 10.4. The highest BCUT2D eigenvalue weighted by molar-refractivity contribution is 9.10. The Morgan fingerprint density at radius 1 is 1.48 bits per heavy atom. The summed E-state index contributed by atoms with van der Waals surface area (Å²) >= 11 is 4.18. The highest BCUT2D eigenvalue weighted by Crippen LogP contribution is 2.42. The molecular weight excluding hydrogens is 364 g/mol. The molecule has 1 aromatic heterocycles. The van der Waals surface area contributed by atoms with E-state index in [0.717, 1.165) is 11.3 Å². The molecule has 0 aliphatic rings. The Morgan fingerprint density at radius 2 is 2.19 bits per heavy atom. The summed E-state index contributed by atoms with van der Waals surface area (Å²) in [5.74, 6) is -2.12. The molecule has 0 spiro atoms. The highest BCUT2D eigenvalue weighted by atomic mass is 79.9. The van der Waals surface area contributed by atoms with Gasteiger partial charge in [-0.2, -0.15) is 0 Å². The number of nitrogens with one attached hydrogen (secondary N) is 1. The number of esters is 1. The first-order chi connectivity index (χ1) is 9.93. The van der Waals surface area contributed by atoms with E-state index in [4.69, 9.17) is 0 Å². The largest absolute Gasteiger partial charge is 0.459 e. The molecule has 7 nitrogen and oxygen atoms in total. The van der Waals surface area contributed by atoms with Gasteiger partial charge in [-0.05, 0) is 25.1 Å². The third-order valence-corrected chi connectivity index (χ3v) is 4.11. The van der Waals surface area contributed by atoms with E-state index in [1.807, 2.05) is 0 Å². The number of hydrogen-bond acceptors (Lipinski definition) is 6. The van der Waals surface area contributed by atoms with Crippen molar-refractivity contribution in [1.29, 1.82) is 0 Å². The van der Waals surface area contributed by atoms with Crippen LogP contribution in [0.3, 0.4) is 0 Å². The predicted octanol–water partition coefficient (Wildman–Crippen LogP) is 3.07. The summed E-state index contributed by atoms with van der Waals surface area (Å²) in [5, 5.41) is 13.6. The highest BCUT2D eigenvalue weighted by Gasteiger charge is 2.26. The van der Waals surface area contributed by atoms with Crippen LogP contribution in [0.15, 0.2) is 22.7 Å². The number of amides is 1. The van der Waals surface area contributed by atoms with Crippen molar-refractivity contribution in [3.8, 4) is 0 Å². The van der Waals surface area contributed by atoms with Gasteiger partial charge in [-0.25, -0.2) is 4.79 Å². The molecule has 0 unspecified atom stereocenters. The number of hydrogen-bond donors (Lipinski definition) is 1. The minimum absolute atomic E-state index is 0.000599. The van der Waals surface area contributed by atoms with Crippen LogP contribution in [0, 0.1) is 10.1 Å².